The van der Waals surface area contributed by atoms with Crippen LogP contribution >= 0.6 is 22.7 Å². The third kappa shape index (κ3) is 3.74. The smallest absolute Gasteiger partial charge is 0.270 e. The summed E-state index contributed by atoms with van der Waals surface area (Å²) in [6.45, 7) is 1.08. The second kappa shape index (κ2) is 7.53. The average molecular weight is 404 g/mol. The van der Waals surface area contributed by atoms with Gasteiger partial charge >= 0.3 is 0 Å². The summed E-state index contributed by atoms with van der Waals surface area (Å²) in [7, 11) is 0. The number of anilines is 1. The molecule has 0 radical (unpaired) electrons. The van der Waals surface area contributed by atoms with E-state index in [2.05, 4.69) is 9.97 Å². The summed E-state index contributed by atoms with van der Waals surface area (Å²) in [5.41, 5.74) is 0.0787. The van der Waals surface area contributed by atoms with Crippen molar-refractivity contribution in [3.8, 4) is 0 Å². The first kappa shape index (κ1) is 17.7. The molecule has 0 unspecified atom stereocenters. The van der Waals surface area contributed by atoms with E-state index in [4.69, 9.17) is 0 Å². The largest absolute Gasteiger partial charge is 0.337 e. The summed E-state index contributed by atoms with van der Waals surface area (Å²) < 4.78 is 29.8. The number of carbonyl (C=O) groups is 1. The van der Waals surface area contributed by atoms with Crippen LogP contribution in [0.5, 0.6) is 0 Å². The molecule has 0 atom stereocenters. The zero-order valence-electron chi connectivity index (χ0n) is 14.0. The van der Waals surface area contributed by atoms with E-state index in [9.17, 15) is 13.6 Å². The van der Waals surface area contributed by atoms with Crippen molar-refractivity contribution in [1.82, 2.24) is 14.5 Å². The summed E-state index contributed by atoms with van der Waals surface area (Å²) in [5, 5.41) is 2.18. The highest BCUT2D eigenvalue weighted by atomic mass is 32.1. The second-order valence-corrected chi connectivity index (χ2v) is 7.78. The molecule has 0 spiro atoms. The van der Waals surface area contributed by atoms with E-state index in [1.165, 1.54) is 22.3 Å². The summed E-state index contributed by atoms with van der Waals surface area (Å²) in [6.07, 6.45) is 5.92. The van der Waals surface area contributed by atoms with E-state index in [0.29, 0.717) is 34.2 Å². The molecule has 9 heteroatoms. The Labute approximate surface area is 161 Å². The lowest BCUT2D eigenvalue weighted by Crippen LogP contribution is -2.31. The minimum absolute atomic E-state index is 0.0787. The highest BCUT2D eigenvalue weighted by molar-refractivity contribution is 7.22. The van der Waals surface area contributed by atoms with Crippen molar-refractivity contribution in [2.24, 2.45) is 0 Å². The highest BCUT2D eigenvalue weighted by Crippen LogP contribution is 2.32. The minimum atomic E-state index is -0.727. The maximum atomic E-state index is 14.0. The van der Waals surface area contributed by atoms with Gasteiger partial charge in [-0.15, -0.1) is 11.3 Å². The average Bonchev–Trinajstić information content (AvgIpc) is 3.38. The molecule has 0 saturated carbocycles. The molecule has 0 N–H and O–H groups in total. The minimum Gasteiger partial charge on any atom is -0.337 e. The fourth-order valence-electron chi connectivity index (χ4n) is 2.71. The maximum absolute atomic E-state index is 14.0. The SMILES string of the molecule is O=C(c1cccs1)N(CCCn1ccnc1)c1nc2c(F)cc(F)cc2s1. The van der Waals surface area contributed by atoms with Crippen molar-refractivity contribution < 1.29 is 13.6 Å². The quantitative estimate of drug-likeness (QED) is 0.473. The van der Waals surface area contributed by atoms with Crippen LogP contribution in [0.15, 0.2) is 48.4 Å². The van der Waals surface area contributed by atoms with E-state index >= 15 is 0 Å². The fraction of sp³-hybridized carbons (Fsp3) is 0.167. The van der Waals surface area contributed by atoms with Gasteiger partial charge in [0.05, 0.1) is 15.9 Å². The Hall–Kier alpha value is -2.65. The van der Waals surface area contributed by atoms with Crippen LogP contribution in [-0.4, -0.2) is 27.0 Å². The highest BCUT2D eigenvalue weighted by Gasteiger charge is 2.23. The lowest BCUT2D eigenvalue weighted by molar-refractivity contribution is 0.0990. The van der Waals surface area contributed by atoms with Gasteiger partial charge in [-0.25, -0.2) is 18.7 Å². The predicted molar refractivity (Wildman–Crippen MR) is 102 cm³/mol. The van der Waals surface area contributed by atoms with Gasteiger partial charge in [-0.2, -0.15) is 0 Å². The molecule has 1 amide bonds. The molecule has 4 aromatic rings. The van der Waals surface area contributed by atoms with Crippen molar-refractivity contribution in [1.29, 1.82) is 0 Å². The molecule has 27 heavy (non-hydrogen) atoms. The Morgan fingerprint density at radius 2 is 2.19 bits per heavy atom. The van der Waals surface area contributed by atoms with Gasteiger partial charge in [0.1, 0.15) is 11.3 Å². The molecule has 0 aliphatic carbocycles. The summed E-state index contributed by atoms with van der Waals surface area (Å²) in [6, 6.07) is 5.58. The number of halogens is 2. The van der Waals surface area contributed by atoms with Crippen molar-refractivity contribution in [3.05, 3.63) is 64.9 Å². The summed E-state index contributed by atoms with van der Waals surface area (Å²) in [5.74, 6) is -1.59. The third-order valence-electron chi connectivity index (χ3n) is 3.97. The number of carbonyl (C=O) groups excluding carboxylic acids is 1. The molecule has 0 aliphatic heterocycles. The number of aryl methyl sites for hydroxylation is 1. The number of thiophene rings is 1. The Morgan fingerprint density at radius 1 is 1.30 bits per heavy atom. The Balaban J connectivity index is 1.64. The van der Waals surface area contributed by atoms with Gasteiger partial charge in [0.2, 0.25) is 0 Å². The summed E-state index contributed by atoms with van der Waals surface area (Å²) in [4.78, 5) is 23.3. The Morgan fingerprint density at radius 3 is 2.93 bits per heavy atom. The lowest BCUT2D eigenvalue weighted by Gasteiger charge is -2.19. The zero-order chi connectivity index (χ0) is 18.8. The second-order valence-electron chi connectivity index (χ2n) is 5.82. The number of fused-ring (bicyclic) bond motifs is 1. The standard InChI is InChI=1S/C18H14F2N4OS2/c19-12-9-13(20)16-15(10-12)27-18(22-16)24(17(25)14-3-1-8-26-14)6-2-5-23-7-4-21-11-23/h1,3-4,7-11H,2,5-6H2. The molecular formula is C18H14F2N4OS2. The normalized spacial score (nSPS) is 11.2. The Bertz CT molecular complexity index is 1060. The maximum Gasteiger partial charge on any atom is 0.270 e. The number of aromatic nitrogens is 3. The topological polar surface area (TPSA) is 51.0 Å². The van der Waals surface area contributed by atoms with Gasteiger partial charge in [-0.1, -0.05) is 17.4 Å². The third-order valence-corrected chi connectivity index (χ3v) is 5.85. The number of benzene rings is 1. The predicted octanol–water partition coefficient (Wildman–Crippen LogP) is 4.57. The number of hydrogen-bond donors (Lipinski definition) is 0. The molecule has 3 heterocycles. The lowest BCUT2D eigenvalue weighted by atomic mass is 10.3. The van der Waals surface area contributed by atoms with Gasteiger partial charge in [0.15, 0.2) is 10.9 Å². The van der Waals surface area contributed by atoms with Crippen molar-refractivity contribution in [2.45, 2.75) is 13.0 Å². The van der Waals surface area contributed by atoms with E-state index in [1.54, 1.807) is 24.7 Å². The molecular weight excluding hydrogens is 390 g/mol. The number of thiazole rings is 1. The molecule has 0 aliphatic rings. The van der Waals surface area contributed by atoms with Crippen molar-refractivity contribution in [3.63, 3.8) is 0 Å². The van der Waals surface area contributed by atoms with Gasteiger partial charge < -0.3 is 4.57 Å². The molecule has 0 fully saturated rings. The summed E-state index contributed by atoms with van der Waals surface area (Å²) >= 11 is 2.44. The van der Waals surface area contributed by atoms with Gasteiger partial charge in [-0.05, 0) is 23.9 Å². The van der Waals surface area contributed by atoms with Crippen LogP contribution in [0.4, 0.5) is 13.9 Å². The van der Waals surface area contributed by atoms with E-state index in [1.807, 2.05) is 16.1 Å². The van der Waals surface area contributed by atoms with Crippen LogP contribution in [0.3, 0.4) is 0 Å². The number of amides is 1. The van der Waals surface area contributed by atoms with Crippen LogP contribution in [0.25, 0.3) is 10.2 Å². The number of hydrogen-bond acceptors (Lipinski definition) is 5. The molecule has 3 aromatic heterocycles. The molecule has 138 valence electrons. The van der Waals surface area contributed by atoms with E-state index < -0.39 is 11.6 Å². The molecule has 1 aromatic carbocycles. The molecule has 0 bridgehead atoms. The first-order valence-electron chi connectivity index (χ1n) is 8.18. The fourth-order valence-corrected chi connectivity index (χ4v) is 4.41. The van der Waals surface area contributed by atoms with Crippen molar-refractivity contribution >= 4 is 43.9 Å². The van der Waals surface area contributed by atoms with Gasteiger partial charge in [0.25, 0.3) is 5.91 Å². The van der Waals surface area contributed by atoms with Gasteiger partial charge in [0, 0.05) is 31.5 Å². The van der Waals surface area contributed by atoms with Crippen LogP contribution in [0.1, 0.15) is 16.1 Å². The van der Waals surface area contributed by atoms with Crippen LogP contribution in [-0.2, 0) is 6.54 Å². The zero-order valence-corrected chi connectivity index (χ0v) is 15.6. The molecule has 5 nitrogen and oxygen atoms in total. The van der Waals surface area contributed by atoms with Crippen LogP contribution in [0.2, 0.25) is 0 Å². The number of imidazole rings is 1. The Kier molecular flexibility index (Phi) is 4.95. The molecule has 4 rings (SSSR count). The van der Waals surface area contributed by atoms with Crippen LogP contribution < -0.4 is 4.90 Å². The first-order chi connectivity index (χ1) is 13.1. The van der Waals surface area contributed by atoms with Crippen LogP contribution in [0, 0.1) is 11.6 Å². The van der Waals surface area contributed by atoms with E-state index in [-0.39, 0.29) is 11.4 Å². The first-order valence-corrected chi connectivity index (χ1v) is 9.88. The number of rotatable bonds is 6. The number of nitrogens with zero attached hydrogens (tertiary/aromatic N) is 4. The van der Waals surface area contributed by atoms with E-state index in [0.717, 1.165) is 17.4 Å². The van der Waals surface area contributed by atoms with Gasteiger partial charge in [-0.3, -0.25) is 9.69 Å². The monoisotopic (exact) mass is 404 g/mol. The molecule has 0 saturated heterocycles. The van der Waals surface area contributed by atoms with Crippen molar-refractivity contribution in [2.75, 3.05) is 11.4 Å².